The molecule has 0 aromatic heterocycles. The summed E-state index contributed by atoms with van der Waals surface area (Å²) in [6.45, 7) is 1.91. The Morgan fingerprint density at radius 2 is 2.04 bits per heavy atom. The van der Waals surface area contributed by atoms with Gasteiger partial charge in [-0.3, -0.25) is 0 Å². The van der Waals surface area contributed by atoms with Gasteiger partial charge in [-0.2, -0.15) is 0 Å². The largest absolute Gasteiger partial charge is 0.478 e. The summed E-state index contributed by atoms with van der Waals surface area (Å²) in [7, 11) is -2.38. The number of anilines is 1. The van der Waals surface area contributed by atoms with Crippen LogP contribution in [0.1, 0.15) is 43.0 Å². The van der Waals surface area contributed by atoms with Crippen molar-refractivity contribution in [2.45, 2.75) is 49.6 Å². The van der Waals surface area contributed by atoms with Crippen LogP contribution in [0.2, 0.25) is 0 Å². The van der Waals surface area contributed by atoms with Gasteiger partial charge in [0.15, 0.2) is 0 Å². The van der Waals surface area contributed by atoms with Gasteiger partial charge in [-0.25, -0.2) is 17.9 Å². The number of carbonyl (C=O) groups is 1. The Balaban J connectivity index is 2.35. The Morgan fingerprint density at radius 3 is 2.62 bits per heavy atom. The zero-order valence-corrected chi connectivity index (χ0v) is 14.7. The smallest absolute Gasteiger partial charge is 0.335 e. The number of carboxylic acids is 1. The van der Waals surface area contributed by atoms with E-state index >= 15 is 0 Å². The molecule has 0 bridgehead atoms. The van der Waals surface area contributed by atoms with Gasteiger partial charge in [0.05, 0.1) is 17.9 Å². The maximum Gasteiger partial charge on any atom is 0.335 e. The zero-order chi connectivity index (χ0) is 17.7. The van der Waals surface area contributed by atoms with E-state index in [9.17, 15) is 13.2 Å². The lowest BCUT2D eigenvalue weighted by molar-refractivity contribution is 0.0696. The average molecular weight is 356 g/mol. The molecule has 0 amide bonds. The van der Waals surface area contributed by atoms with Crippen LogP contribution in [0, 0.1) is 0 Å². The Morgan fingerprint density at radius 1 is 1.38 bits per heavy atom. The summed E-state index contributed by atoms with van der Waals surface area (Å²) >= 11 is 0. The number of carboxylic acid groups (broad SMARTS) is 1. The summed E-state index contributed by atoms with van der Waals surface area (Å²) < 4.78 is 32.8. The van der Waals surface area contributed by atoms with Crippen molar-refractivity contribution < 1.29 is 23.1 Å². The molecule has 0 aliphatic heterocycles. The van der Waals surface area contributed by atoms with Crippen LogP contribution < -0.4 is 10.0 Å². The highest BCUT2D eigenvalue weighted by atomic mass is 32.2. The number of hydrogen-bond donors (Lipinski definition) is 3. The van der Waals surface area contributed by atoms with E-state index in [4.69, 9.17) is 9.84 Å². The molecule has 24 heavy (non-hydrogen) atoms. The first-order valence-electron chi connectivity index (χ1n) is 7.98. The lowest BCUT2D eigenvalue weighted by Crippen LogP contribution is -2.36. The zero-order valence-electron chi connectivity index (χ0n) is 13.9. The van der Waals surface area contributed by atoms with Crippen LogP contribution >= 0.6 is 0 Å². The maximum atomic E-state index is 12.7. The molecule has 1 aromatic rings. The molecular weight excluding hydrogens is 332 g/mol. The van der Waals surface area contributed by atoms with Crippen LogP contribution in [-0.4, -0.2) is 45.3 Å². The molecule has 0 heterocycles. The standard InChI is InChI=1S/C16H24N2O5S/c1-11(10-23-2)18-24(21,22)15-9-12(16(19)20)7-8-14(15)17-13-5-3-4-6-13/h7-9,11,13,17-18H,3-6,10H2,1-2H3,(H,19,20)/t11-/m0/s1. The number of methoxy groups -OCH3 is 1. The third-order valence-electron chi connectivity index (χ3n) is 4.01. The number of sulfonamides is 1. The first kappa shape index (κ1) is 18.7. The van der Waals surface area contributed by atoms with Crippen molar-refractivity contribution in [3.05, 3.63) is 23.8 Å². The second-order valence-electron chi connectivity index (χ2n) is 6.12. The van der Waals surface area contributed by atoms with Crippen LogP contribution in [-0.2, 0) is 14.8 Å². The number of aromatic carboxylic acids is 1. The van der Waals surface area contributed by atoms with Gasteiger partial charge in [-0.15, -0.1) is 0 Å². The highest BCUT2D eigenvalue weighted by molar-refractivity contribution is 7.89. The van der Waals surface area contributed by atoms with Crippen molar-refractivity contribution in [3.8, 4) is 0 Å². The minimum absolute atomic E-state index is 0.0442. The van der Waals surface area contributed by atoms with Crippen LogP contribution in [0.5, 0.6) is 0 Å². The van der Waals surface area contributed by atoms with E-state index in [1.165, 1.54) is 25.3 Å². The Bertz CT molecular complexity index is 684. The molecule has 1 aromatic carbocycles. The monoisotopic (exact) mass is 356 g/mol. The molecule has 8 heteroatoms. The van der Waals surface area contributed by atoms with Crippen LogP contribution in [0.25, 0.3) is 0 Å². The summed E-state index contributed by atoms with van der Waals surface area (Å²) in [6, 6.07) is 3.93. The summed E-state index contributed by atoms with van der Waals surface area (Å²) in [6.07, 6.45) is 4.17. The number of ether oxygens (including phenoxy) is 1. The highest BCUT2D eigenvalue weighted by Crippen LogP contribution is 2.28. The fourth-order valence-electron chi connectivity index (χ4n) is 2.90. The van der Waals surface area contributed by atoms with Crippen LogP contribution in [0.3, 0.4) is 0 Å². The summed E-state index contributed by atoms with van der Waals surface area (Å²) in [5, 5.41) is 12.4. The third kappa shape index (κ3) is 4.68. The maximum absolute atomic E-state index is 12.7. The van der Waals surface area contributed by atoms with Gasteiger partial charge in [0.2, 0.25) is 10.0 Å². The molecule has 3 N–H and O–H groups in total. The molecule has 1 aliphatic carbocycles. The quantitative estimate of drug-likeness (QED) is 0.658. The highest BCUT2D eigenvalue weighted by Gasteiger charge is 2.25. The number of benzene rings is 1. The third-order valence-corrected chi connectivity index (χ3v) is 5.64. The fraction of sp³-hybridized carbons (Fsp3) is 0.562. The van der Waals surface area contributed by atoms with Gasteiger partial charge in [0.25, 0.3) is 0 Å². The lowest BCUT2D eigenvalue weighted by Gasteiger charge is -2.19. The minimum atomic E-state index is -3.87. The Hall–Kier alpha value is -1.64. The molecule has 0 saturated heterocycles. The summed E-state index contributed by atoms with van der Waals surface area (Å²) in [4.78, 5) is 11.2. The predicted molar refractivity (Wildman–Crippen MR) is 90.9 cm³/mol. The van der Waals surface area contributed by atoms with Gasteiger partial charge >= 0.3 is 5.97 Å². The number of hydrogen-bond acceptors (Lipinski definition) is 5. The van der Waals surface area contributed by atoms with E-state index in [-0.39, 0.29) is 23.1 Å². The van der Waals surface area contributed by atoms with Gasteiger partial charge in [-0.05, 0) is 38.0 Å². The first-order valence-corrected chi connectivity index (χ1v) is 9.47. The summed E-state index contributed by atoms with van der Waals surface area (Å²) in [5.41, 5.74) is 0.371. The average Bonchev–Trinajstić information content (AvgIpc) is 3.00. The second kappa shape index (κ2) is 7.96. The van der Waals surface area contributed by atoms with Crippen molar-refractivity contribution in [2.75, 3.05) is 19.0 Å². The molecule has 1 atom stereocenters. The second-order valence-corrected chi connectivity index (χ2v) is 7.80. The molecule has 7 nitrogen and oxygen atoms in total. The molecule has 0 unspecified atom stereocenters. The molecule has 134 valence electrons. The van der Waals surface area contributed by atoms with E-state index < -0.39 is 22.0 Å². The van der Waals surface area contributed by atoms with Gasteiger partial charge < -0.3 is 15.2 Å². The van der Waals surface area contributed by atoms with Crippen molar-refractivity contribution >= 4 is 21.7 Å². The number of nitrogens with one attached hydrogen (secondary N) is 2. The van der Waals surface area contributed by atoms with Gasteiger partial charge in [-0.1, -0.05) is 12.8 Å². The van der Waals surface area contributed by atoms with E-state index in [1.807, 2.05) is 0 Å². The number of rotatable bonds is 8. The van der Waals surface area contributed by atoms with Gasteiger partial charge in [0, 0.05) is 19.2 Å². The van der Waals surface area contributed by atoms with Crippen LogP contribution in [0.4, 0.5) is 5.69 Å². The molecule has 0 spiro atoms. The van der Waals surface area contributed by atoms with E-state index in [1.54, 1.807) is 6.92 Å². The Labute approximate surface area is 142 Å². The van der Waals surface area contributed by atoms with Crippen molar-refractivity contribution in [3.63, 3.8) is 0 Å². The molecule has 1 fully saturated rings. The van der Waals surface area contributed by atoms with Crippen molar-refractivity contribution in [1.29, 1.82) is 0 Å². The normalized spacial score (nSPS) is 16.9. The molecule has 0 radical (unpaired) electrons. The topological polar surface area (TPSA) is 105 Å². The fourth-order valence-corrected chi connectivity index (χ4v) is 4.32. The lowest BCUT2D eigenvalue weighted by atomic mass is 10.2. The van der Waals surface area contributed by atoms with E-state index in [2.05, 4.69) is 10.0 Å². The van der Waals surface area contributed by atoms with E-state index in [0.29, 0.717) is 5.69 Å². The molecule has 1 saturated carbocycles. The van der Waals surface area contributed by atoms with Crippen molar-refractivity contribution in [2.24, 2.45) is 0 Å². The molecule has 2 rings (SSSR count). The predicted octanol–water partition coefficient (Wildman–Crippen LogP) is 2.05. The van der Waals surface area contributed by atoms with E-state index in [0.717, 1.165) is 25.7 Å². The Kier molecular flexibility index (Phi) is 6.20. The van der Waals surface area contributed by atoms with Gasteiger partial charge in [0.1, 0.15) is 4.90 Å². The summed E-state index contributed by atoms with van der Waals surface area (Å²) in [5.74, 6) is -1.16. The van der Waals surface area contributed by atoms with Crippen LogP contribution in [0.15, 0.2) is 23.1 Å². The SMILES string of the molecule is COC[C@H](C)NS(=O)(=O)c1cc(C(=O)O)ccc1NC1CCCC1. The minimum Gasteiger partial charge on any atom is -0.478 e. The van der Waals surface area contributed by atoms with Crippen molar-refractivity contribution in [1.82, 2.24) is 4.72 Å². The molecular formula is C16H24N2O5S. The first-order chi connectivity index (χ1) is 11.3. The molecule has 1 aliphatic rings.